The molecule has 23 heavy (non-hydrogen) atoms. The number of H-pyrrole nitrogens is 1. The molecular weight excluding hydrogens is 314 g/mol. The minimum absolute atomic E-state index is 0.0162. The molecule has 0 fully saturated rings. The second-order valence-corrected chi connectivity index (χ2v) is 8.04. The van der Waals surface area contributed by atoms with Crippen LogP contribution in [0.4, 0.5) is 5.69 Å². The molecule has 0 aliphatic rings. The maximum atomic E-state index is 12.2. The van der Waals surface area contributed by atoms with Crippen molar-refractivity contribution in [2.24, 2.45) is 5.92 Å². The molecule has 2 rings (SSSR count). The van der Waals surface area contributed by atoms with Crippen LogP contribution in [0.25, 0.3) is 0 Å². The Morgan fingerprint density at radius 3 is 2.70 bits per heavy atom. The molecule has 7 heteroatoms. The van der Waals surface area contributed by atoms with Crippen molar-refractivity contribution < 1.29 is 13.2 Å². The van der Waals surface area contributed by atoms with Gasteiger partial charge in [0.15, 0.2) is 15.5 Å². The number of rotatable bonds is 6. The van der Waals surface area contributed by atoms with Crippen molar-refractivity contribution in [3.05, 3.63) is 41.7 Å². The number of aromatic nitrogens is 2. The molecule has 0 aliphatic carbocycles. The van der Waals surface area contributed by atoms with E-state index in [0.717, 1.165) is 12.1 Å². The Balaban J connectivity index is 2.14. The molecule has 1 aromatic carbocycles. The van der Waals surface area contributed by atoms with Gasteiger partial charge in [-0.25, -0.2) is 8.42 Å². The Hall–Kier alpha value is -2.15. The van der Waals surface area contributed by atoms with Crippen LogP contribution in [-0.2, 0) is 16.3 Å². The van der Waals surface area contributed by atoms with E-state index in [1.54, 1.807) is 25.1 Å². The summed E-state index contributed by atoms with van der Waals surface area (Å²) in [6, 6.07) is 7.94. The van der Waals surface area contributed by atoms with Crippen LogP contribution in [-0.4, -0.2) is 30.3 Å². The lowest BCUT2D eigenvalue weighted by Gasteiger charge is -2.06. The number of nitrogens with zero attached hydrogens (tertiary/aromatic N) is 1. The maximum absolute atomic E-state index is 12.2. The average Bonchev–Trinajstić information content (AvgIpc) is 2.95. The van der Waals surface area contributed by atoms with E-state index >= 15 is 0 Å². The van der Waals surface area contributed by atoms with Gasteiger partial charge in [-0.3, -0.25) is 9.89 Å². The fourth-order valence-corrected chi connectivity index (χ4v) is 3.08. The predicted octanol–water partition coefficient (Wildman–Crippen LogP) is 2.65. The standard InChI is InChI=1S/C16H21N3O3S/c1-4-23(21,22)14-7-5-6-12(9-14)17-16(20)15-10-13(18-19-15)8-11(2)3/h5-7,9-11H,4,8H2,1-3H3,(H,17,20)(H,18,19). The first-order valence-corrected chi connectivity index (χ1v) is 9.15. The van der Waals surface area contributed by atoms with Crippen LogP contribution in [0, 0.1) is 5.92 Å². The highest BCUT2D eigenvalue weighted by atomic mass is 32.2. The van der Waals surface area contributed by atoms with Gasteiger partial charge in [-0.05, 0) is 36.6 Å². The molecule has 1 aromatic heterocycles. The molecule has 0 atom stereocenters. The van der Waals surface area contributed by atoms with Gasteiger partial charge >= 0.3 is 0 Å². The van der Waals surface area contributed by atoms with E-state index in [-0.39, 0.29) is 22.2 Å². The summed E-state index contributed by atoms with van der Waals surface area (Å²) in [6.45, 7) is 5.75. The van der Waals surface area contributed by atoms with Crippen LogP contribution in [0.3, 0.4) is 0 Å². The van der Waals surface area contributed by atoms with E-state index in [0.29, 0.717) is 11.6 Å². The van der Waals surface area contributed by atoms with Gasteiger partial charge < -0.3 is 5.32 Å². The first-order valence-electron chi connectivity index (χ1n) is 7.50. The zero-order valence-corrected chi connectivity index (χ0v) is 14.3. The van der Waals surface area contributed by atoms with E-state index < -0.39 is 9.84 Å². The summed E-state index contributed by atoms with van der Waals surface area (Å²) in [4.78, 5) is 12.4. The van der Waals surface area contributed by atoms with Crippen molar-refractivity contribution in [2.75, 3.05) is 11.1 Å². The van der Waals surface area contributed by atoms with Crippen LogP contribution in [0.5, 0.6) is 0 Å². The third kappa shape index (κ3) is 4.41. The lowest BCUT2D eigenvalue weighted by Crippen LogP contribution is -2.13. The van der Waals surface area contributed by atoms with Gasteiger partial charge in [-0.1, -0.05) is 26.8 Å². The van der Waals surface area contributed by atoms with Gasteiger partial charge in [0.1, 0.15) is 0 Å². The molecule has 6 nitrogen and oxygen atoms in total. The largest absolute Gasteiger partial charge is 0.321 e. The third-order valence-electron chi connectivity index (χ3n) is 3.32. The van der Waals surface area contributed by atoms with Gasteiger partial charge in [0.2, 0.25) is 0 Å². The van der Waals surface area contributed by atoms with E-state index in [9.17, 15) is 13.2 Å². The Morgan fingerprint density at radius 2 is 2.04 bits per heavy atom. The highest BCUT2D eigenvalue weighted by molar-refractivity contribution is 7.91. The topological polar surface area (TPSA) is 91.9 Å². The summed E-state index contributed by atoms with van der Waals surface area (Å²) in [7, 11) is -3.30. The van der Waals surface area contributed by atoms with Crippen molar-refractivity contribution in [1.82, 2.24) is 10.2 Å². The molecule has 2 N–H and O–H groups in total. The van der Waals surface area contributed by atoms with E-state index in [1.165, 1.54) is 12.1 Å². The van der Waals surface area contributed by atoms with Crippen LogP contribution < -0.4 is 5.32 Å². The van der Waals surface area contributed by atoms with Gasteiger partial charge in [0.25, 0.3) is 5.91 Å². The SMILES string of the molecule is CCS(=O)(=O)c1cccc(NC(=O)c2cc(CC(C)C)[nH]n2)c1. The molecule has 0 aliphatic heterocycles. The smallest absolute Gasteiger partial charge is 0.276 e. The predicted molar refractivity (Wildman–Crippen MR) is 89.3 cm³/mol. The summed E-state index contributed by atoms with van der Waals surface area (Å²) in [5.41, 5.74) is 1.61. The fourth-order valence-electron chi connectivity index (χ4n) is 2.15. The third-order valence-corrected chi connectivity index (χ3v) is 5.06. The quantitative estimate of drug-likeness (QED) is 0.849. The first-order chi connectivity index (χ1) is 10.8. The second kappa shape index (κ2) is 6.95. The molecule has 0 unspecified atom stereocenters. The molecular formula is C16H21N3O3S. The Bertz CT molecular complexity index is 794. The van der Waals surface area contributed by atoms with Gasteiger partial charge in [0, 0.05) is 11.4 Å². The normalized spacial score (nSPS) is 11.7. The Kier molecular flexibility index (Phi) is 5.20. The lowest BCUT2D eigenvalue weighted by atomic mass is 10.1. The van der Waals surface area contributed by atoms with Crippen LogP contribution in [0.2, 0.25) is 0 Å². The number of carbonyl (C=O) groups excluding carboxylic acids is 1. The van der Waals surface area contributed by atoms with E-state index in [4.69, 9.17) is 0 Å². The minimum atomic E-state index is -3.30. The summed E-state index contributed by atoms with van der Waals surface area (Å²) < 4.78 is 23.8. The zero-order chi connectivity index (χ0) is 17.0. The number of hydrogen-bond acceptors (Lipinski definition) is 4. The van der Waals surface area contributed by atoms with Crippen LogP contribution in [0.15, 0.2) is 35.2 Å². The molecule has 2 aromatic rings. The number of hydrogen-bond donors (Lipinski definition) is 2. The number of aromatic amines is 1. The lowest BCUT2D eigenvalue weighted by molar-refractivity contribution is 0.102. The highest BCUT2D eigenvalue weighted by Crippen LogP contribution is 2.17. The highest BCUT2D eigenvalue weighted by Gasteiger charge is 2.14. The Morgan fingerprint density at radius 1 is 1.30 bits per heavy atom. The number of carbonyl (C=O) groups is 1. The summed E-state index contributed by atoms with van der Waals surface area (Å²) in [5, 5.41) is 9.51. The molecule has 0 radical (unpaired) electrons. The fraction of sp³-hybridized carbons (Fsp3) is 0.375. The maximum Gasteiger partial charge on any atom is 0.276 e. The molecule has 0 bridgehead atoms. The summed E-state index contributed by atoms with van der Waals surface area (Å²) >= 11 is 0. The van der Waals surface area contributed by atoms with Gasteiger partial charge in [-0.2, -0.15) is 5.10 Å². The molecule has 1 heterocycles. The second-order valence-electron chi connectivity index (χ2n) is 5.76. The van der Waals surface area contributed by atoms with Crippen molar-refractivity contribution >= 4 is 21.4 Å². The van der Waals surface area contributed by atoms with E-state index in [1.807, 2.05) is 0 Å². The number of benzene rings is 1. The van der Waals surface area contributed by atoms with Crippen molar-refractivity contribution in [3.8, 4) is 0 Å². The van der Waals surface area contributed by atoms with Crippen molar-refractivity contribution in [2.45, 2.75) is 32.1 Å². The number of amides is 1. The zero-order valence-electron chi connectivity index (χ0n) is 13.5. The van der Waals surface area contributed by atoms with Crippen molar-refractivity contribution in [1.29, 1.82) is 0 Å². The Labute approximate surface area is 136 Å². The van der Waals surface area contributed by atoms with E-state index in [2.05, 4.69) is 29.4 Å². The number of anilines is 1. The van der Waals surface area contributed by atoms with Crippen LogP contribution >= 0.6 is 0 Å². The minimum Gasteiger partial charge on any atom is -0.321 e. The monoisotopic (exact) mass is 335 g/mol. The summed E-state index contributed by atoms with van der Waals surface area (Å²) in [5.74, 6) is 0.104. The molecule has 0 saturated heterocycles. The molecule has 0 saturated carbocycles. The van der Waals surface area contributed by atoms with Crippen LogP contribution in [0.1, 0.15) is 37.0 Å². The molecule has 124 valence electrons. The molecule has 0 spiro atoms. The number of nitrogens with one attached hydrogen (secondary N) is 2. The molecule has 1 amide bonds. The van der Waals surface area contributed by atoms with Crippen molar-refractivity contribution in [3.63, 3.8) is 0 Å². The van der Waals surface area contributed by atoms with Gasteiger partial charge in [0.05, 0.1) is 10.6 Å². The van der Waals surface area contributed by atoms with Gasteiger partial charge in [-0.15, -0.1) is 0 Å². The number of sulfone groups is 1. The summed E-state index contributed by atoms with van der Waals surface area (Å²) in [6.07, 6.45) is 0.810. The average molecular weight is 335 g/mol. The first kappa shape index (κ1) is 17.2.